The second-order valence-electron chi connectivity index (χ2n) is 5.54. The molecule has 0 bridgehead atoms. The highest BCUT2D eigenvalue weighted by molar-refractivity contribution is 5.93. The molecule has 0 aliphatic rings. The van der Waals surface area contributed by atoms with Crippen LogP contribution in [-0.2, 0) is 6.42 Å². The predicted molar refractivity (Wildman–Crippen MR) is 77.0 cm³/mol. The van der Waals surface area contributed by atoms with Crippen LogP contribution < -0.4 is 10.1 Å². The SMILES string of the molecule is CC(C)(C)Oc1ccc(C(=O)NCCc2ncn[nH]2)cn1. The van der Waals surface area contributed by atoms with Crippen LogP contribution in [-0.4, -0.2) is 38.2 Å². The number of amides is 1. The molecule has 2 aromatic heterocycles. The van der Waals surface area contributed by atoms with Gasteiger partial charge < -0.3 is 10.1 Å². The van der Waals surface area contributed by atoms with Gasteiger partial charge in [0.1, 0.15) is 17.8 Å². The number of nitrogens with one attached hydrogen (secondary N) is 2. The number of rotatable bonds is 5. The van der Waals surface area contributed by atoms with Crippen LogP contribution >= 0.6 is 0 Å². The first-order valence-corrected chi connectivity index (χ1v) is 6.71. The molecule has 0 aliphatic carbocycles. The lowest BCUT2D eigenvalue weighted by Crippen LogP contribution is -2.26. The molecule has 2 rings (SSSR count). The molecule has 0 aliphatic heterocycles. The Balaban J connectivity index is 1.85. The fourth-order valence-corrected chi connectivity index (χ4v) is 1.64. The number of aromatic nitrogens is 4. The lowest BCUT2D eigenvalue weighted by Gasteiger charge is -2.20. The van der Waals surface area contributed by atoms with Crippen molar-refractivity contribution in [1.29, 1.82) is 0 Å². The molecule has 2 N–H and O–H groups in total. The lowest BCUT2D eigenvalue weighted by molar-refractivity contribution is 0.0953. The first kappa shape index (κ1) is 15.0. The van der Waals surface area contributed by atoms with Crippen molar-refractivity contribution in [3.63, 3.8) is 0 Å². The van der Waals surface area contributed by atoms with Gasteiger partial charge in [0.25, 0.3) is 5.91 Å². The summed E-state index contributed by atoms with van der Waals surface area (Å²) in [5.41, 5.74) is 0.183. The van der Waals surface area contributed by atoms with Crippen molar-refractivity contribution in [3.05, 3.63) is 36.0 Å². The topological polar surface area (TPSA) is 92.8 Å². The second-order valence-corrected chi connectivity index (χ2v) is 5.54. The van der Waals surface area contributed by atoms with Gasteiger partial charge in [0.2, 0.25) is 5.88 Å². The summed E-state index contributed by atoms with van der Waals surface area (Å²) in [4.78, 5) is 20.0. The number of aromatic amines is 1. The highest BCUT2D eigenvalue weighted by atomic mass is 16.5. The molecule has 0 fully saturated rings. The minimum Gasteiger partial charge on any atom is -0.472 e. The molecule has 0 unspecified atom stereocenters. The van der Waals surface area contributed by atoms with Crippen LogP contribution in [0.4, 0.5) is 0 Å². The van der Waals surface area contributed by atoms with Crippen molar-refractivity contribution in [2.45, 2.75) is 32.8 Å². The van der Waals surface area contributed by atoms with E-state index in [0.29, 0.717) is 24.4 Å². The maximum absolute atomic E-state index is 11.9. The van der Waals surface area contributed by atoms with Crippen molar-refractivity contribution in [2.24, 2.45) is 0 Å². The van der Waals surface area contributed by atoms with E-state index in [0.717, 1.165) is 5.82 Å². The van der Waals surface area contributed by atoms with Gasteiger partial charge in [-0.2, -0.15) is 5.10 Å². The molecule has 1 amide bonds. The van der Waals surface area contributed by atoms with Gasteiger partial charge in [-0.3, -0.25) is 9.89 Å². The summed E-state index contributed by atoms with van der Waals surface area (Å²) in [5, 5.41) is 9.28. The standard InChI is InChI=1S/C14H19N5O2/c1-14(2,3)21-12-5-4-10(8-16-12)13(20)15-7-6-11-17-9-18-19-11/h4-5,8-9H,6-7H2,1-3H3,(H,15,20)(H,17,18,19). The van der Waals surface area contributed by atoms with Gasteiger partial charge in [-0.25, -0.2) is 9.97 Å². The van der Waals surface area contributed by atoms with E-state index in [1.54, 1.807) is 12.1 Å². The van der Waals surface area contributed by atoms with Gasteiger partial charge in [-0.1, -0.05) is 0 Å². The van der Waals surface area contributed by atoms with Crippen molar-refractivity contribution < 1.29 is 9.53 Å². The molecule has 21 heavy (non-hydrogen) atoms. The van der Waals surface area contributed by atoms with E-state index in [1.165, 1.54) is 12.5 Å². The molecule has 7 nitrogen and oxygen atoms in total. The van der Waals surface area contributed by atoms with Crippen molar-refractivity contribution in [3.8, 4) is 5.88 Å². The molecule has 0 saturated heterocycles. The number of hydrogen-bond donors (Lipinski definition) is 2. The number of ether oxygens (including phenoxy) is 1. The minimum atomic E-state index is -0.312. The van der Waals surface area contributed by atoms with Crippen LogP contribution in [0, 0.1) is 0 Å². The van der Waals surface area contributed by atoms with Gasteiger partial charge in [0, 0.05) is 25.2 Å². The number of hydrogen-bond acceptors (Lipinski definition) is 5. The number of nitrogens with zero attached hydrogens (tertiary/aromatic N) is 3. The molecular formula is C14H19N5O2. The first-order chi connectivity index (χ1) is 9.94. The Hall–Kier alpha value is -2.44. The Labute approximate surface area is 123 Å². The molecule has 0 spiro atoms. The van der Waals surface area contributed by atoms with E-state index in [9.17, 15) is 4.79 Å². The average molecular weight is 289 g/mol. The van der Waals surface area contributed by atoms with Crippen LogP contribution in [0.25, 0.3) is 0 Å². The van der Waals surface area contributed by atoms with Crippen LogP contribution in [0.2, 0.25) is 0 Å². The highest BCUT2D eigenvalue weighted by Crippen LogP contribution is 2.15. The molecule has 112 valence electrons. The summed E-state index contributed by atoms with van der Waals surface area (Å²) in [5.74, 6) is 1.06. The lowest BCUT2D eigenvalue weighted by atomic mass is 10.2. The molecule has 0 radical (unpaired) electrons. The first-order valence-electron chi connectivity index (χ1n) is 6.71. The van der Waals surface area contributed by atoms with Crippen molar-refractivity contribution in [2.75, 3.05) is 6.54 Å². The number of pyridine rings is 1. The maximum atomic E-state index is 11.9. The van der Waals surface area contributed by atoms with Crippen LogP contribution in [0.15, 0.2) is 24.7 Å². The third kappa shape index (κ3) is 4.87. The molecule has 0 aromatic carbocycles. The molecular weight excluding hydrogens is 270 g/mol. The third-order valence-corrected chi connectivity index (χ3v) is 2.52. The Kier molecular flexibility index (Phi) is 4.52. The Morgan fingerprint density at radius 1 is 1.33 bits per heavy atom. The maximum Gasteiger partial charge on any atom is 0.252 e. The summed E-state index contributed by atoms with van der Waals surface area (Å²) in [6, 6.07) is 3.38. The molecule has 2 aromatic rings. The van der Waals surface area contributed by atoms with Gasteiger partial charge in [-0.15, -0.1) is 0 Å². The van der Waals surface area contributed by atoms with E-state index < -0.39 is 0 Å². The highest BCUT2D eigenvalue weighted by Gasteiger charge is 2.13. The zero-order valence-electron chi connectivity index (χ0n) is 12.4. The smallest absolute Gasteiger partial charge is 0.252 e. The number of H-pyrrole nitrogens is 1. The quantitative estimate of drug-likeness (QED) is 0.866. The Bertz CT molecular complexity index is 572. The summed E-state index contributed by atoms with van der Waals surface area (Å²) < 4.78 is 5.60. The molecule has 0 saturated carbocycles. The van der Waals surface area contributed by atoms with Gasteiger partial charge in [0.15, 0.2) is 0 Å². The van der Waals surface area contributed by atoms with Crippen LogP contribution in [0.5, 0.6) is 5.88 Å². The normalized spacial score (nSPS) is 11.2. The largest absolute Gasteiger partial charge is 0.472 e. The summed E-state index contributed by atoms with van der Waals surface area (Å²) in [6.07, 6.45) is 3.55. The molecule has 7 heteroatoms. The third-order valence-electron chi connectivity index (χ3n) is 2.52. The second kappa shape index (κ2) is 6.34. The zero-order valence-corrected chi connectivity index (χ0v) is 12.4. The van der Waals surface area contributed by atoms with E-state index in [1.807, 2.05) is 20.8 Å². The number of carbonyl (C=O) groups is 1. The van der Waals surface area contributed by atoms with Crippen LogP contribution in [0.1, 0.15) is 37.0 Å². The predicted octanol–water partition coefficient (Wildman–Crippen LogP) is 1.35. The van der Waals surface area contributed by atoms with Crippen LogP contribution in [0.3, 0.4) is 0 Å². The number of carbonyl (C=O) groups excluding carboxylic acids is 1. The van der Waals surface area contributed by atoms with E-state index in [4.69, 9.17) is 4.74 Å². The molecule has 2 heterocycles. The van der Waals surface area contributed by atoms with Crippen molar-refractivity contribution in [1.82, 2.24) is 25.5 Å². The Morgan fingerprint density at radius 2 is 2.14 bits per heavy atom. The fraction of sp³-hybridized carbons (Fsp3) is 0.429. The van der Waals surface area contributed by atoms with Gasteiger partial charge >= 0.3 is 0 Å². The monoisotopic (exact) mass is 289 g/mol. The summed E-state index contributed by atoms with van der Waals surface area (Å²) in [6.45, 7) is 6.31. The summed E-state index contributed by atoms with van der Waals surface area (Å²) >= 11 is 0. The van der Waals surface area contributed by atoms with E-state index >= 15 is 0 Å². The van der Waals surface area contributed by atoms with Gasteiger partial charge in [0.05, 0.1) is 5.56 Å². The molecule has 0 atom stereocenters. The van der Waals surface area contributed by atoms with Crippen molar-refractivity contribution >= 4 is 5.91 Å². The summed E-state index contributed by atoms with van der Waals surface area (Å²) in [7, 11) is 0. The van der Waals surface area contributed by atoms with Gasteiger partial charge in [-0.05, 0) is 26.8 Å². The van der Waals surface area contributed by atoms with E-state index in [-0.39, 0.29) is 11.5 Å². The zero-order chi connectivity index (χ0) is 15.3. The Morgan fingerprint density at radius 3 is 2.71 bits per heavy atom. The minimum absolute atomic E-state index is 0.177. The average Bonchev–Trinajstić information content (AvgIpc) is 2.91. The van der Waals surface area contributed by atoms with E-state index in [2.05, 4.69) is 25.5 Å². The fourth-order valence-electron chi connectivity index (χ4n) is 1.64.